The number of nitrogens with zero attached hydrogens (tertiary/aromatic N) is 3. The van der Waals surface area contributed by atoms with Crippen molar-refractivity contribution in [2.75, 3.05) is 0 Å². The van der Waals surface area contributed by atoms with Crippen LogP contribution in [0.3, 0.4) is 0 Å². The molecule has 3 aromatic rings. The molecule has 0 bridgehead atoms. The van der Waals surface area contributed by atoms with Crippen LogP contribution in [0.5, 0.6) is 0 Å². The zero-order valence-corrected chi connectivity index (χ0v) is 21.7. The van der Waals surface area contributed by atoms with Gasteiger partial charge in [0.15, 0.2) is 5.78 Å². The maximum atomic E-state index is 12.1. The van der Waals surface area contributed by atoms with E-state index in [0.29, 0.717) is 5.65 Å². The molecule has 3 rings (SSSR count). The number of allylic oxidation sites excluding steroid dienone is 2. The van der Waals surface area contributed by atoms with Gasteiger partial charge in [-0.15, -0.1) is 12.1 Å². The van der Waals surface area contributed by atoms with E-state index in [0.717, 1.165) is 22.3 Å². The van der Waals surface area contributed by atoms with E-state index >= 15 is 0 Å². The number of carbonyl (C=O) groups excluding carboxylic acids is 1. The van der Waals surface area contributed by atoms with Gasteiger partial charge < -0.3 is 14.5 Å². The molecule has 0 amide bonds. The number of fused-ring (bicyclic) bond motifs is 3. The van der Waals surface area contributed by atoms with Gasteiger partial charge >= 0.3 is 0 Å². The van der Waals surface area contributed by atoms with E-state index in [9.17, 15) is 9.59 Å². The Labute approximate surface area is 196 Å². The van der Waals surface area contributed by atoms with Crippen molar-refractivity contribution in [3.8, 4) is 0 Å². The molecule has 1 radical (unpaired) electrons. The molecule has 0 aliphatic heterocycles. The van der Waals surface area contributed by atoms with Crippen LogP contribution >= 0.6 is 0 Å². The number of ketones is 1. The fourth-order valence-electron chi connectivity index (χ4n) is 2.95. The Kier molecular flexibility index (Phi) is 8.46. The fourth-order valence-corrected chi connectivity index (χ4v) is 2.95. The topological polar surface area (TPSA) is 84.6 Å². The van der Waals surface area contributed by atoms with E-state index in [-0.39, 0.29) is 48.0 Å². The fraction of sp³-hybridized carbons (Fsp3) is 0.417. The predicted octanol–water partition coefficient (Wildman–Crippen LogP) is 4.67. The van der Waals surface area contributed by atoms with Crippen molar-refractivity contribution in [3.05, 3.63) is 64.0 Å². The predicted molar refractivity (Wildman–Crippen MR) is 120 cm³/mol. The Morgan fingerprint density at radius 2 is 1.71 bits per heavy atom. The first-order valence-electron chi connectivity index (χ1n) is 9.84. The van der Waals surface area contributed by atoms with Crippen LogP contribution in [-0.4, -0.2) is 25.3 Å². The van der Waals surface area contributed by atoms with Gasteiger partial charge in [-0.3, -0.25) is 9.59 Å². The third-order valence-electron chi connectivity index (χ3n) is 4.37. The summed E-state index contributed by atoms with van der Waals surface area (Å²) in [5.74, 6) is -0.0625. The molecule has 7 heteroatoms. The second kappa shape index (κ2) is 9.84. The third-order valence-corrected chi connectivity index (χ3v) is 4.37. The minimum Gasteiger partial charge on any atom is -0.512 e. The molecule has 0 aliphatic rings. The van der Waals surface area contributed by atoms with Crippen molar-refractivity contribution < 1.29 is 30.0 Å². The van der Waals surface area contributed by atoms with Gasteiger partial charge in [0.1, 0.15) is 0 Å². The molecular weight excluding hydrogens is 570 g/mol. The molecule has 0 unspecified atom stereocenters. The molecule has 0 aromatic carbocycles. The summed E-state index contributed by atoms with van der Waals surface area (Å²) >= 11 is 0. The van der Waals surface area contributed by atoms with Crippen molar-refractivity contribution in [1.82, 2.24) is 14.4 Å². The molecule has 0 fully saturated rings. The van der Waals surface area contributed by atoms with E-state index in [4.69, 9.17) is 10.1 Å². The van der Waals surface area contributed by atoms with Gasteiger partial charge in [0.05, 0.1) is 11.4 Å². The van der Waals surface area contributed by atoms with Gasteiger partial charge in [-0.25, -0.2) is 4.98 Å². The summed E-state index contributed by atoms with van der Waals surface area (Å²) in [7, 11) is 0. The standard InChI is InChI=1S/C19H22N3O.C5H8O2.Ir/c1-18(2,3)14-8-7-12-13(20-14)9-10-22-15(19(4,5)6)11-16(23)21-17(12)22;1-4(6)3-5(2)7;/h8-11H,1-6H3;3,6H,1-2H3;/q-1;;. The quantitative estimate of drug-likeness (QED) is 0.190. The number of hydrogen-bond donors (Lipinski definition) is 1. The molecule has 0 aliphatic carbocycles. The summed E-state index contributed by atoms with van der Waals surface area (Å²) in [6.07, 6.45) is 3.11. The first kappa shape index (κ1) is 26.7. The summed E-state index contributed by atoms with van der Waals surface area (Å²) < 4.78 is 1.97. The second-order valence-corrected chi connectivity index (χ2v) is 9.43. The maximum Gasteiger partial charge on any atom is 0.264 e. The van der Waals surface area contributed by atoms with Crippen molar-refractivity contribution in [1.29, 1.82) is 0 Å². The minimum absolute atomic E-state index is 0. The summed E-state index contributed by atoms with van der Waals surface area (Å²) in [4.78, 5) is 31.0. The molecule has 0 atom stereocenters. The Hall–Kier alpha value is -2.37. The average molecular weight is 601 g/mol. The van der Waals surface area contributed by atoms with Crippen LogP contribution in [0.4, 0.5) is 0 Å². The van der Waals surface area contributed by atoms with Crippen LogP contribution in [0.25, 0.3) is 16.6 Å². The average Bonchev–Trinajstić information content (AvgIpc) is 2.58. The van der Waals surface area contributed by atoms with E-state index in [1.165, 1.54) is 19.9 Å². The maximum absolute atomic E-state index is 12.1. The van der Waals surface area contributed by atoms with Crippen LogP contribution in [0, 0.1) is 6.07 Å². The smallest absolute Gasteiger partial charge is 0.264 e. The third kappa shape index (κ3) is 6.81. The van der Waals surface area contributed by atoms with E-state index < -0.39 is 0 Å². The van der Waals surface area contributed by atoms with Crippen LogP contribution in [0.15, 0.2) is 41.0 Å². The Morgan fingerprint density at radius 3 is 2.16 bits per heavy atom. The van der Waals surface area contributed by atoms with Gasteiger partial charge in [0.2, 0.25) is 0 Å². The van der Waals surface area contributed by atoms with Gasteiger partial charge in [0, 0.05) is 43.4 Å². The Balaban J connectivity index is 0.000000523. The largest absolute Gasteiger partial charge is 0.512 e. The first-order chi connectivity index (χ1) is 13.7. The van der Waals surface area contributed by atoms with Crippen molar-refractivity contribution in [2.45, 2.75) is 66.2 Å². The number of aliphatic hydroxyl groups excluding tert-OH is 1. The zero-order valence-electron chi connectivity index (χ0n) is 19.3. The molecule has 0 spiro atoms. The van der Waals surface area contributed by atoms with Gasteiger partial charge in [0.25, 0.3) is 5.56 Å². The number of pyridine rings is 2. The van der Waals surface area contributed by atoms with E-state index in [1.807, 2.05) is 22.7 Å². The summed E-state index contributed by atoms with van der Waals surface area (Å²) in [5.41, 5.74) is 2.92. The van der Waals surface area contributed by atoms with Crippen LogP contribution < -0.4 is 5.56 Å². The van der Waals surface area contributed by atoms with Crippen LogP contribution in [0.2, 0.25) is 0 Å². The van der Waals surface area contributed by atoms with Gasteiger partial charge in [-0.05, 0) is 36.7 Å². The SMILES string of the molecule is CC(=O)C=C(C)O.CC(C)(C)c1c[c-]c2c(ccn3c(C(C)(C)C)cc(=O)nc23)n1.[Ir]. The van der Waals surface area contributed by atoms with Crippen molar-refractivity contribution in [2.24, 2.45) is 0 Å². The normalized spacial score (nSPS) is 12.2. The number of aliphatic hydroxyl groups is 1. The van der Waals surface area contributed by atoms with E-state index in [1.54, 1.807) is 6.07 Å². The van der Waals surface area contributed by atoms with Crippen molar-refractivity contribution >= 4 is 22.3 Å². The van der Waals surface area contributed by atoms with Crippen molar-refractivity contribution in [3.63, 3.8) is 0 Å². The summed E-state index contributed by atoms with van der Waals surface area (Å²) in [6, 6.07) is 8.77. The monoisotopic (exact) mass is 601 g/mol. The Bertz CT molecular complexity index is 1180. The molecular formula is C24H30IrN3O3-. The number of hydrogen-bond acceptors (Lipinski definition) is 5. The molecule has 169 valence electrons. The first-order valence-corrected chi connectivity index (χ1v) is 9.84. The van der Waals surface area contributed by atoms with E-state index in [2.05, 4.69) is 52.6 Å². The number of aromatic nitrogens is 3. The molecule has 3 heterocycles. The second-order valence-electron chi connectivity index (χ2n) is 9.43. The number of rotatable bonds is 1. The summed E-state index contributed by atoms with van der Waals surface area (Å²) in [6.45, 7) is 15.5. The minimum atomic E-state index is -0.226. The summed E-state index contributed by atoms with van der Waals surface area (Å²) in [5, 5.41) is 9.14. The zero-order chi connectivity index (χ0) is 22.9. The van der Waals surface area contributed by atoms with Gasteiger partial charge in [-0.2, -0.15) is 0 Å². The molecule has 3 aromatic heterocycles. The Morgan fingerprint density at radius 1 is 1.10 bits per heavy atom. The molecule has 1 N–H and O–H groups in total. The molecule has 0 saturated heterocycles. The van der Waals surface area contributed by atoms with Gasteiger partial charge in [-0.1, -0.05) is 53.0 Å². The molecule has 0 saturated carbocycles. The molecule has 6 nitrogen and oxygen atoms in total. The molecule has 31 heavy (non-hydrogen) atoms. The van der Waals surface area contributed by atoms with Crippen LogP contribution in [0.1, 0.15) is 66.8 Å². The number of carbonyl (C=O) groups is 1. The van der Waals surface area contributed by atoms with Crippen LogP contribution in [-0.2, 0) is 35.7 Å².